The molecule has 0 N–H and O–H groups in total. The molecule has 0 bridgehead atoms. The first-order chi connectivity index (χ1) is 12.6. The van der Waals surface area contributed by atoms with E-state index in [0.29, 0.717) is 0 Å². The summed E-state index contributed by atoms with van der Waals surface area (Å²) in [6.45, 7) is 12.9. The van der Waals surface area contributed by atoms with E-state index in [1.807, 2.05) is 0 Å². The Balaban J connectivity index is 2.32. The van der Waals surface area contributed by atoms with Gasteiger partial charge in [0.25, 0.3) is 0 Å². The third-order valence-corrected chi connectivity index (χ3v) is 4.99. The molecule has 0 fully saturated rings. The quantitative estimate of drug-likeness (QED) is 0.295. The van der Waals surface area contributed by atoms with E-state index in [2.05, 4.69) is 75.1 Å². The van der Waals surface area contributed by atoms with Gasteiger partial charge in [0.1, 0.15) is 0 Å². The molecule has 26 heavy (non-hydrogen) atoms. The molecule has 0 heterocycles. The molecule has 0 radical (unpaired) electrons. The Morgan fingerprint density at radius 3 is 1.77 bits per heavy atom. The molecule has 1 heteroatoms. The van der Waals surface area contributed by atoms with Crippen LogP contribution in [0.4, 0.5) is 0 Å². The van der Waals surface area contributed by atoms with Gasteiger partial charge in [-0.25, -0.2) is 0 Å². The molecule has 0 saturated heterocycles. The normalized spacial score (nSPS) is 12.1. The van der Waals surface area contributed by atoms with Crippen LogP contribution >= 0.6 is 0 Å². The third kappa shape index (κ3) is 13.2. The second kappa shape index (κ2) is 15.0. The topological polar surface area (TPSA) is 3.24 Å². The predicted molar refractivity (Wildman–Crippen MR) is 119 cm³/mol. The molecule has 0 amide bonds. The van der Waals surface area contributed by atoms with Gasteiger partial charge in [0.2, 0.25) is 0 Å². The number of benzene rings is 1. The molecule has 1 nitrogen and oxygen atoms in total. The van der Waals surface area contributed by atoms with E-state index < -0.39 is 0 Å². The van der Waals surface area contributed by atoms with Crippen LogP contribution in [0, 0.1) is 11.8 Å². The minimum atomic E-state index is 0.848. The van der Waals surface area contributed by atoms with Crippen molar-refractivity contribution >= 4 is 6.08 Å². The minimum absolute atomic E-state index is 0.848. The zero-order valence-electron chi connectivity index (χ0n) is 17.9. The maximum absolute atomic E-state index is 2.66. The van der Waals surface area contributed by atoms with E-state index >= 15 is 0 Å². The van der Waals surface area contributed by atoms with Gasteiger partial charge in [-0.15, -0.1) is 0 Å². The summed E-state index contributed by atoms with van der Waals surface area (Å²) in [5.41, 5.74) is 1.31. The molecular weight excluding hydrogens is 314 g/mol. The molecular formula is C25H43N. The third-order valence-electron chi connectivity index (χ3n) is 4.99. The average Bonchev–Trinajstić information content (AvgIpc) is 2.61. The van der Waals surface area contributed by atoms with E-state index in [1.54, 1.807) is 0 Å². The molecule has 0 aromatic heterocycles. The van der Waals surface area contributed by atoms with Crippen LogP contribution < -0.4 is 0 Å². The van der Waals surface area contributed by atoms with Gasteiger partial charge in [-0.05, 0) is 43.3 Å². The van der Waals surface area contributed by atoms with Crippen LogP contribution in [0.5, 0.6) is 0 Å². The summed E-state index contributed by atoms with van der Waals surface area (Å²) in [6, 6.07) is 10.7. The molecule has 0 aliphatic rings. The summed E-state index contributed by atoms with van der Waals surface area (Å²) < 4.78 is 0. The Labute approximate surface area is 163 Å². The zero-order chi connectivity index (χ0) is 19.0. The van der Waals surface area contributed by atoms with E-state index in [4.69, 9.17) is 0 Å². The van der Waals surface area contributed by atoms with Crippen molar-refractivity contribution in [3.05, 3.63) is 42.0 Å². The maximum atomic E-state index is 2.66. The average molecular weight is 358 g/mol. The first-order valence-corrected chi connectivity index (χ1v) is 11.0. The summed E-state index contributed by atoms with van der Waals surface area (Å²) in [4.78, 5) is 2.66. The van der Waals surface area contributed by atoms with Crippen molar-refractivity contribution in [2.75, 3.05) is 19.6 Å². The van der Waals surface area contributed by atoms with E-state index in [1.165, 1.54) is 70.0 Å². The SMILES string of the molecule is CC(C)CCCCCN(CC=Cc1ccccc1)CCCCCC(C)C. The Kier molecular flexibility index (Phi) is 13.3. The molecule has 1 aromatic rings. The number of unbranched alkanes of at least 4 members (excludes halogenated alkanes) is 4. The standard InChI is InChI=1S/C25H43N/c1-23(2)15-8-6-12-20-26(21-13-7-9-16-24(3)4)22-14-19-25-17-10-5-11-18-25/h5,10-11,14,17-19,23-24H,6-9,12-13,15-16,20-22H2,1-4H3. The van der Waals surface area contributed by atoms with Crippen LogP contribution in [0.2, 0.25) is 0 Å². The van der Waals surface area contributed by atoms with Crippen LogP contribution in [-0.4, -0.2) is 24.5 Å². The van der Waals surface area contributed by atoms with Gasteiger partial charge in [0.05, 0.1) is 0 Å². The van der Waals surface area contributed by atoms with Crippen molar-refractivity contribution in [1.82, 2.24) is 4.90 Å². The first kappa shape index (κ1) is 23.0. The maximum Gasteiger partial charge on any atom is 0.0166 e. The Morgan fingerprint density at radius 1 is 0.731 bits per heavy atom. The number of hydrogen-bond acceptors (Lipinski definition) is 1. The Hall–Kier alpha value is -1.08. The lowest BCUT2D eigenvalue weighted by Crippen LogP contribution is -2.26. The fourth-order valence-electron chi connectivity index (χ4n) is 3.33. The highest BCUT2D eigenvalue weighted by molar-refractivity contribution is 5.48. The van der Waals surface area contributed by atoms with Gasteiger partial charge in [-0.3, -0.25) is 4.90 Å². The highest BCUT2D eigenvalue weighted by atomic mass is 15.1. The van der Waals surface area contributed by atoms with Gasteiger partial charge in [-0.1, -0.05) is 109 Å². The molecule has 148 valence electrons. The van der Waals surface area contributed by atoms with Crippen molar-refractivity contribution < 1.29 is 0 Å². The number of hydrogen-bond donors (Lipinski definition) is 0. The Morgan fingerprint density at radius 2 is 1.27 bits per heavy atom. The Bertz CT molecular complexity index is 428. The van der Waals surface area contributed by atoms with Crippen molar-refractivity contribution in [2.24, 2.45) is 11.8 Å². The van der Waals surface area contributed by atoms with Crippen LogP contribution in [0.15, 0.2) is 36.4 Å². The fraction of sp³-hybridized carbons (Fsp3) is 0.680. The molecule has 0 aliphatic heterocycles. The van der Waals surface area contributed by atoms with Crippen molar-refractivity contribution in [3.63, 3.8) is 0 Å². The molecule has 0 aliphatic carbocycles. The lowest BCUT2D eigenvalue weighted by molar-refractivity contribution is 0.285. The highest BCUT2D eigenvalue weighted by Crippen LogP contribution is 2.11. The second-order valence-corrected chi connectivity index (χ2v) is 8.60. The van der Waals surface area contributed by atoms with Crippen molar-refractivity contribution in [3.8, 4) is 0 Å². The molecule has 1 rings (SSSR count). The smallest absolute Gasteiger partial charge is 0.0166 e. The first-order valence-electron chi connectivity index (χ1n) is 11.0. The lowest BCUT2D eigenvalue weighted by atomic mass is 10.0. The largest absolute Gasteiger partial charge is 0.300 e. The summed E-state index contributed by atoms with van der Waals surface area (Å²) >= 11 is 0. The van der Waals surface area contributed by atoms with Crippen LogP contribution in [0.1, 0.15) is 84.6 Å². The number of nitrogens with zero attached hydrogens (tertiary/aromatic N) is 1. The van der Waals surface area contributed by atoms with E-state index in [9.17, 15) is 0 Å². The predicted octanol–water partition coefficient (Wildman–Crippen LogP) is 7.43. The molecule has 0 atom stereocenters. The van der Waals surface area contributed by atoms with Gasteiger partial charge in [0, 0.05) is 6.54 Å². The fourth-order valence-corrected chi connectivity index (χ4v) is 3.33. The van der Waals surface area contributed by atoms with Gasteiger partial charge < -0.3 is 0 Å². The highest BCUT2D eigenvalue weighted by Gasteiger charge is 2.04. The lowest BCUT2D eigenvalue weighted by Gasteiger charge is -2.21. The van der Waals surface area contributed by atoms with Crippen LogP contribution in [0.25, 0.3) is 6.08 Å². The van der Waals surface area contributed by atoms with E-state index in [-0.39, 0.29) is 0 Å². The van der Waals surface area contributed by atoms with Gasteiger partial charge in [0.15, 0.2) is 0 Å². The second-order valence-electron chi connectivity index (χ2n) is 8.60. The van der Waals surface area contributed by atoms with Crippen LogP contribution in [-0.2, 0) is 0 Å². The van der Waals surface area contributed by atoms with Crippen LogP contribution in [0.3, 0.4) is 0 Å². The zero-order valence-corrected chi connectivity index (χ0v) is 17.9. The molecule has 1 aromatic carbocycles. The minimum Gasteiger partial charge on any atom is -0.300 e. The van der Waals surface area contributed by atoms with E-state index in [0.717, 1.165) is 18.4 Å². The summed E-state index contributed by atoms with van der Waals surface area (Å²) in [5, 5.41) is 0. The number of rotatable bonds is 15. The summed E-state index contributed by atoms with van der Waals surface area (Å²) in [7, 11) is 0. The monoisotopic (exact) mass is 357 g/mol. The summed E-state index contributed by atoms with van der Waals surface area (Å²) in [6.07, 6.45) is 15.6. The molecule has 0 saturated carbocycles. The van der Waals surface area contributed by atoms with Crippen molar-refractivity contribution in [1.29, 1.82) is 0 Å². The van der Waals surface area contributed by atoms with Crippen molar-refractivity contribution in [2.45, 2.75) is 79.1 Å². The summed E-state index contributed by atoms with van der Waals surface area (Å²) in [5.74, 6) is 1.70. The molecule has 0 unspecified atom stereocenters. The van der Waals surface area contributed by atoms with Gasteiger partial charge >= 0.3 is 0 Å². The van der Waals surface area contributed by atoms with Gasteiger partial charge in [-0.2, -0.15) is 0 Å². The molecule has 0 spiro atoms.